The van der Waals surface area contributed by atoms with Crippen molar-refractivity contribution < 1.29 is 14.3 Å². The maximum atomic E-state index is 12.6. The van der Waals surface area contributed by atoms with Crippen LogP contribution in [0.2, 0.25) is 0 Å². The van der Waals surface area contributed by atoms with Crippen molar-refractivity contribution in [2.45, 2.75) is 33.3 Å². The minimum absolute atomic E-state index is 0.335. The largest absolute Gasteiger partial charge is 0.456 e. The molecular formula is C20H21N3O3. The van der Waals surface area contributed by atoms with E-state index in [2.05, 4.69) is 10.4 Å². The number of carbonyl (C=O) groups is 2. The molecule has 0 radical (unpaired) electrons. The smallest absolute Gasteiger partial charge is 0.338 e. The second-order valence-electron chi connectivity index (χ2n) is 7.07. The Labute approximate surface area is 151 Å². The molecule has 6 heteroatoms. The van der Waals surface area contributed by atoms with Crippen molar-refractivity contribution in [3.05, 3.63) is 65.5 Å². The van der Waals surface area contributed by atoms with Gasteiger partial charge < -0.3 is 4.74 Å². The molecule has 2 heterocycles. The van der Waals surface area contributed by atoms with Crippen LogP contribution in [0.1, 0.15) is 47.1 Å². The molecule has 0 spiro atoms. The first-order valence-electron chi connectivity index (χ1n) is 8.32. The number of esters is 1. The molecule has 0 unspecified atom stereocenters. The van der Waals surface area contributed by atoms with Crippen LogP contribution in [0, 0.1) is 6.92 Å². The Hall–Kier alpha value is -3.15. The number of fused-ring (bicyclic) bond motifs is 1. The van der Waals surface area contributed by atoms with Crippen molar-refractivity contribution in [2.75, 3.05) is 5.43 Å². The number of rotatable bonds is 3. The first-order chi connectivity index (χ1) is 12.2. The number of aryl methyl sites for hydroxylation is 1. The van der Waals surface area contributed by atoms with Crippen molar-refractivity contribution in [2.24, 2.45) is 0 Å². The fraction of sp³-hybridized carbons (Fsp3) is 0.250. The van der Waals surface area contributed by atoms with Crippen LogP contribution in [-0.2, 0) is 4.74 Å². The van der Waals surface area contributed by atoms with Gasteiger partial charge in [-0.2, -0.15) is 0 Å². The van der Waals surface area contributed by atoms with Crippen LogP contribution in [0.4, 0.5) is 0 Å². The molecule has 0 aliphatic carbocycles. The summed E-state index contributed by atoms with van der Waals surface area (Å²) < 4.78 is 6.98. The molecule has 134 valence electrons. The van der Waals surface area contributed by atoms with Crippen molar-refractivity contribution in [3.8, 4) is 0 Å². The molecule has 0 atom stereocenters. The molecular weight excluding hydrogens is 330 g/mol. The highest BCUT2D eigenvalue weighted by atomic mass is 16.6. The van der Waals surface area contributed by atoms with Gasteiger partial charge in [0.1, 0.15) is 5.60 Å². The zero-order valence-electron chi connectivity index (χ0n) is 15.2. The number of carbonyl (C=O) groups excluding carboxylic acids is 2. The van der Waals surface area contributed by atoms with Crippen LogP contribution in [0.5, 0.6) is 0 Å². The van der Waals surface area contributed by atoms with Gasteiger partial charge in [0.25, 0.3) is 5.91 Å². The molecule has 3 rings (SSSR count). The van der Waals surface area contributed by atoms with E-state index in [1.54, 1.807) is 56.0 Å². The van der Waals surface area contributed by atoms with Gasteiger partial charge >= 0.3 is 5.97 Å². The average molecular weight is 351 g/mol. The summed E-state index contributed by atoms with van der Waals surface area (Å²) >= 11 is 0. The Morgan fingerprint density at radius 1 is 1.15 bits per heavy atom. The summed E-state index contributed by atoms with van der Waals surface area (Å²) in [6.45, 7) is 7.23. The van der Waals surface area contributed by atoms with Crippen molar-refractivity contribution in [1.82, 2.24) is 9.66 Å². The third-order valence-electron chi connectivity index (χ3n) is 3.79. The number of ether oxygens (including phenoxy) is 1. The highest BCUT2D eigenvalue weighted by Gasteiger charge is 2.20. The van der Waals surface area contributed by atoms with Crippen molar-refractivity contribution in [3.63, 3.8) is 0 Å². The number of amides is 1. The minimum atomic E-state index is -0.600. The number of pyridine rings is 1. The molecule has 1 aromatic carbocycles. The van der Waals surface area contributed by atoms with Gasteiger partial charge in [-0.3, -0.25) is 10.2 Å². The second-order valence-corrected chi connectivity index (χ2v) is 7.07. The van der Waals surface area contributed by atoms with E-state index < -0.39 is 11.6 Å². The van der Waals surface area contributed by atoms with Gasteiger partial charge in [0.2, 0.25) is 0 Å². The van der Waals surface area contributed by atoms with E-state index in [-0.39, 0.29) is 5.91 Å². The van der Waals surface area contributed by atoms with Gasteiger partial charge in [-0.1, -0.05) is 6.07 Å². The topological polar surface area (TPSA) is 73.2 Å². The third kappa shape index (κ3) is 3.74. The Morgan fingerprint density at radius 3 is 2.65 bits per heavy atom. The molecule has 3 aromatic rings. The summed E-state index contributed by atoms with van der Waals surface area (Å²) in [5.41, 5.74) is 4.33. The lowest BCUT2D eigenvalue weighted by Gasteiger charge is -2.20. The third-order valence-corrected chi connectivity index (χ3v) is 3.79. The Balaban J connectivity index is 1.86. The number of nitrogens with one attached hydrogen (secondary N) is 1. The summed E-state index contributed by atoms with van der Waals surface area (Å²) in [5, 5.41) is 0.922. The highest BCUT2D eigenvalue weighted by Crippen LogP contribution is 2.18. The standard InChI is InChI=1S/C20H21N3O3/c1-13-7-8-15(12-16(13)19(25)26-20(2,3)4)18(24)22-23-11-9-14-6-5-10-21-17(14)23/h5-12H,1-4H3,(H,22,24). The molecule has 1 N–H and O–H groups in total. The summed E-state index contributed by atoms with van der Waals surface area (Å²) in [7, 11) is 0. The lowest BCUT2D eigenvalue weighted by Crippen LogP contribution is -2.25. The molecule has 2 aromatic heterocycles. The van der Waals surface area contributed by atoms with E-state index in [9.17, 15) is 9.59 Å². The zero-order chi connectivity index (χ0) is 18.9. The van der Waals surface area contributed by atoms with E-state index in [1.807, 2.05) is 25.1 Å². The molecule has 0 bridgehead atoms. The highest BCUT2D eigenvalue weighted by molar-refractivity contribution is 6.03. The first-order valence-corrected chi connectivity index (χ1v) is 8.32. The van der Waals surface area contributed by atoms with Gasteiger partial charge in [0.15, 0.2) is 5.65 Å². The molecule has 6 nitrogen and oxygen atoms in total. The van der Waals surface area contributed by atoms with Gasteiger partial charge in [-0.25, -0.2) is 14.5 Å². The number of nitrogens with zero attached hydrogens (tertiary/aromatic N) is 2. The quantitative estimate of drug-likeness (QED) is 0.731. The molecule has 26 heavy (non-hydrogen) atoms. The predicted octanol–water partition coefficient (Wildman–Crippen LogP) is 3.68. The van der Waals surface area contributed by atoms with Crippen LogP contribution >= 0.6 is 0 Å². The number of benzene rings is 1. The van der Waals surface area contributed by atoms with Crippen LogP contribution in [0.25, 0.3) is 11.0 Å². The minimum Gasteiger partial charge on any atom is -0.456 e. The maximum absolute atomic E-state index is 12.6. The summed E-state index contributed by atoms with van der Waals surface area (Å²) in [6.07, 6.45) is 3.40. The van der Waals surface area contributed by atoms with E-state index in [0.717, 1.165) is 10.9 Å². The van der Waals surface area contributed by atoms with Gasteiger partial charge in [-0.15, -0.1) is 0 Å². The van der Waals surface area contributed by atoms with Gasteiger partial charge in [-0.05, 0) is 63.6 Å². The Morgan fingerprint density at radius 2 is 1.92 bits per heavy atom. The summed E-state index contributed by atoms with van der Waals surface area (Å²) in [6, 6.07) is 10.6. The normalized spacial score (nSPS) is 11.4. The average Bonchev–Trinajstić information content (AvgIpc) is 2.96. The molecule has 0 saturated carbocycles. The van der Waals surface area contributed by atoms with Crippen molar-refractivity contribution >= 4 is 22.9 Å². The van der Waals surface area contributed by atoms with E-state index in [0.29, 0.717) is 16.8 Å². The summed E-state index contributed by atoms with van der Waals surface area (Å²) in [5.74, 6) is -0.782. The van der Waals surface area contributed by atoms with Crippen molar-refractivity contribution in [1.29, 1.82) is 0 Å². The second kappa shape index (κ2) is 6.63. The number of aromatic nitrogens is 2. The molecule has 0 aliphatic heterocycles. The van der Waals surface area contributed by atoms with E-state index in [4.69, 9.17) is 4.74 Å². The number of hydrogen-bond acceptors (Lipinski definition) is 4. The van der Waals surface area contributed by atoms with E-state index >= 15 is 0 Å². The molecule has 0 saturated heterocycles. The Kier molecular flexibility index (Phi) is 4.50. The zero-order valence-corrected chi connectivity index (χ0v) is 15.2. The molecule has 0 fully saturated rings. The van der Waals surface area contributed by atoms with Gasteiger partial charge in [0, 0.05) is 23.3 Å². The van der Waals surface area contributed by atoms with Gasteiger partial charge in [0.05, 0.1) is 5.56 Å². The fourth-order valence-corrected chi connectivity index (χ4v) is 2.55. The lowest BCUT2D eigenvalue weighted by atomic mass is 10.0. The maximum Gasteiger partial charge on any atom is 0.338 e. The fourth-order valence-electron chi connectivity index (χ4n) is 2.55. The molecule has 0 aliphatic rings. The van der Waals surface area contributed by atoms with Crippen LogP contribution < -0.4 is 5.43 Å². The SMILES string of the molecule is Cc1ccc(C(=O)Nn2ccc3cccnc32)cc1C(=O)OC(C)(C)C. The lowest BCUT2D eigenvalue weighted by molar-refractivity contribution is 0.00687. The molecule has 1 amide bonds. The van der Waals surface area contributed by atoms with E-state index in [1.165, 1.54) is 0 Å². The monoisotopic (exact) mass is 351 g/mol. The Bertz CT molecular complexity index is 983. The van der Waals surface area contributed by atoms with Crippen LogP contribution in [0.3, 0.4) is 0 Å². The van der Waals surface area contributed by atoms with Crippen LogP contribution in [-0.4, -0.2) is 27.1 Å². The predicted molar refractivity (Wildman–Crippen MR) is 99.8 cm³/mol. The summed E-state index contributed by atoms with van der Waals surface area (Å²) in [4.78, 5) is 29.3. The van der Waals surface area contributed by atoms with Crippen LogP contribution in [0.15, 0.2) is 48.8 Å². The number of hydrogen-bond donors (Lipinski definition) is 1. The first kappa shape index (κ1) is 17.7.